The van der Waals surface area contributed by atoms with Crippen LogP contribution in [0.25, 0.3) is 0 Å². The van der Waals surface area contributed by atoms with Crippen LogP contribution in [0.2, 0.25) is 0 Å². The van der Waals surface area contributed by atoms with Gasteiger partial charge in [-0.05, 0) is 36.8 Å². The predicted molar refractivity (Wildman–Crippen MR) is 118 cm³/mol. The minimum Gasteiger partial charge on any atom is -0.493 e. The fourth-order valence-corrected chi connectivity index (χ4v) is 4.12. The second kappa shape index (κ2) is 8.99. The fourth-order valence-electron chi connectivity index (χ4n) is 3.32. The Morgan fingerprint density at radius 1 is 1.22 bits per heavy atom. The Balaban J connectivity index is 2.18. The van der Waals surface area contributed by atoms with Crippen LogP contribution in [0.4, 0.5) is 5.69 Å². The SMILES string of the molecule is [2H]C([2H])([2H])Oc1ccc([C@@]([2H])(CS(C)(=O)=O)N2C(=O)c3cccc(NC(=O)C([2H])([2H])[2H])c3C2=O)cc1OCC. The molecule has 0 radical (unpaired) electrons. The Morgan fingerprint density at radius 2 is 2.00 bits per heavy atom. The number of carbonyl (C=O) groups is 3. The van der Waals surface area contributed by atoms with Crippen LogP contribution in [0.3, 0.4) is 0 Å². The number of hydrogen-bond donors (Lipinski definition) is 1. The van der Waals surface area contributed by atoms with Crippen LogP contribution in [0, 0.1) is 0 Å². The average Bonchev–Trinajstić information content (AvgIpc) is 3.03. The second-order valence-electron chi connectivity index (χ2n) is 6.84. The quantitative estimate of drug-likeness (QED) is 0.592. The summed E-state index contributed by atoms with van der Waals surface area (Å²) >= 11 is 0. The summed E-state index contributed by atoms with van der Waals surface area (Å²) in [7, 11) is -6.92. The molecule has 2 aromatic carbocycles. The van der Waals surface area contributed by atoms with Gasteiger partial charge in [-0.2, -0.15) is 0 Å². The summed E-state index contributed by atoms with van der Waals surface area (Å²) < 4.78 is 88.1. The maximum absolute atomic E-state index is 13.6. The summed E-state index contributed by atoms with van der Waals surface area (Å²) in [4.78, 5) is 39.5. The number of hydrogen-bond acceptors (Lipinski definition) is 7. The molecule has 0 bridgehead atoms. The van der Waals surface area contributed by atoms with E-state index in [0.29, 0.717) is 4.90 Å². The third-order valence-electron chi connectivity index (χ3n) is 4.52. The average molecular weight is 468 g/mol. The van der Waals surface area contributed by atoms with E-state index in [2.05, 4.69) is 5.32 Å². The van der Waals surface area contributed by atoms with Crippen molar-refractivity contribution in [2.75, 3.05) is 31.0 Å². The first kappa shape index (κ1) is 15.4. The van der Waals surface area contributed by atoms with E-state index in [1.54, 1.807) is 6.92 Å². The molecule has 9 nitrogen and oxygen atoms in total. The predicted octanol–water partition coefficient (Wildman–Crippen LogP) is 2.43. The third-order valence-corrected chi connectivity index (χ3v) is 5.32. The molecule has 2 aromatic rings. The molecule has 0 aromatic heterocycles. The molecule has 10 heteroatoms. The molecule has 1 atom stereocenters. The zero-order chi connectivity index (χ0) is 29.6. The number of fused-ring (bicyclic) bond motifs is 1. The Kier molecular flexibility index (Phi) is 4.33. The van der Waals surface area contributed by atoms with Gasteiger partial charge < -0.3 is 14.8 Å². The molecule has 1 aliphatic heterocycles. The number of rotatable bonds is 8. The van der Waals surface area contributed by atoms with Gasteiger partial charge in [0.25, 0.3) is 11.8 Å². The van der Waals surface area contributed by atoms with Gasteiger partial charge in [0.15, 0.2) is 11.5 Å². The molecule has 3 rings (SSSR count). The molecule has 1 N–H and O–H groups in total. The summed E-state index contributed by atoms with van der Waals surface area (Å²) in [6, 6.07) is 4.41. The lowest BCUT2D eigenvalue weighted by Gasteiger charge is -2.27. The number of ether oxygens (including phenoxy) is 2. The maximum Gasteiger partial charge on any atom is 0.264 e. The molecule has 0 unspecified atom stereocenters. The minimum absolute atomic E-state index is 0.0253. The largest absolute Gasteiger partial charge is 0.493 e. The van der Waals surface area contributed by atoms with Gasteiger partial charge in [-0.3, -0.25) is 19.3 Å². The summed E-state index contributed by atoms with van der Waals surface area (Å²) in [5, 5.41) is 2.08. The van der Waals surface area contributed by atoms with E-state index in [1.807, 2.05) is 0 Å². The van der Waals surface area contributed by atoms with Crippen LogP contribution in [-0.2, 0) is 14.6 Å². The maximum atomic E-state index is 13.6. The first-order chi connectivity index (χ1) is 17.8. The lowest BCUT2D eigenvalue weighted by molar-refractivity contribution is -0.114. The van der Waals surface area contributed by atoms with Crippen LogP contribution in [0.1, 0.15) is 55.7 Å². The highest BCUT2D eigenvalue weighted by molar-refractivity contribution is 7.90. The molecule has 32 heavy (non-hydrogen) atoms. The number of sulfone groups is 1. The summed E-state index contributed by atoms with van der Waals surface area (Å²) in [5.41, 5.74) is -1.25. The summed E-state index contributed by atoms with van der Waals surface area (Å²) in [6.07, 6.45) is 0.798. The topological polar surface area (TPSA) is 119 Å². The zero-order valence-electron chi connectivity index (χ0n) is 24.1. The molecule has 0 aliphatic carbocycles. The monoisotopic (exact) mass is 467 g/mol. The number of anilines is 1. The van der Waals surface area contributed by atoms with Crippen LogP contribution in [0.5, 0.6) is 11.5 Å². The number of imide groups is 1. The molecule has 0 saturated heterocycles. The van der Waals surface area contributed by atoms with Crippen molar-refractivity contribution in [2.24, 2.45) is 0 Å². The highest BCUT2D eigenvalue weighted by Crippen LogP contribution is 2.38. The van der Waals surface area contributed by atoms with E-state index >= 15 is 0 Å². The third kappa shape index (κ3) is 4.59. The number of carbonyl (C=O) groups excluding carboxylic acids is 3. The molecule has 0 saturated carbocycles. The molecular formula is C22H24N2O7S. The van der Waals surface area contributed by atoms with Crippen molar-refractivity contribution in [1.29, 1.82) is 0 Å². The van der Waals surface area contributed by atoms with E-state index in [4.69, 9.17) is 19.1 Å². The Labute approximate surface area is 196 Å². The molecule has 3 amide bonds. The van der Waals surface area contributed by atoms with Crippen molar-refractivity contribution in [3.05, 3.63) is 53.1 Å². The van der Waals surface area contributed by atoms with E-state index in [0.717, 1.165) is 24.5 Å². The standard InChI is InChI=1S/C22H24N2O7S/c1-5-31-19-11-14(9-10-18(19)30-3)17(12-32(4,28)29)24-21(26)15-7-6-8-16(23-13(2)25)20(15)22(24)27/h6-11,17H,5,12H2,1-4H3,(H,23,25)/t17-/m1/s1/i2D3,3D3,17D. The first-order valence-electron chi connectivity index (χ1n) is 12.8. The van der Waals surface area contributed by atoms with Crippen molar-refractivity contribution >= 4 is 33.2 Å². The number of nitrogens with zero attached hydrogens (tertiary/aromatic N) is 1. The normalized spacial score (nSPS) is 19.2. The Morgan fingerprint density at radius 3 is 2.66 bits per heavy atom. The molecule has 1 aliphatic rings. The minimum atomic E-state index is -4.05. The van der Waals surface area contributed by atoms with Gasteiger partial charge in [-0.25, -0.2) is 8.42 Å². The van der Waals surface area contributed by atoms with Crippen LogP contribution >= 0.6 is 0 Å². The number of methoxy groups -OCH3 is 1. The first-order valence-corrected chi connectivity index (χ1v) is 11.3. The van der Waals surface area contributed by atoms with Crippen LogP contribution < -0.4 is 14.8 Å². The fraction of sp³-hybridized carbons (Fsp3) is 0.318. The highest BCUT2D eigenvalue weighted by Gasteiger charge is 2.43. The van der Waals surface area contributed by atoms with E-state index in [1.165, 1.54) is 18.2 Å². The van der Waals surface area contributed by atoms with Gasteiger partial charge in [0.2, 0.25) is 5.91 Å². The van der Waals surface area contributed by atoms with Crippen LogP contribution in [0.15, 0.2) is 36.4 Å². The van der Waals surface area contributed by atoms with Gasteiger partial charge >= 0.3 is 0 Å². The van der Waals surface area contributed by atoms with Crippen molar-refractivity contribution in [3.63, 3.8) is 0 Å². The van der Waals surface area contributed by atoms with Crippen molar-refractivity contribution in [1.82, 2.24) is 4.90 Å². The molecule has 0 spiro atoms. The molecule has 1 heterocycles. The van der Waals surface area contributed by atoms with Gasteiger partial charge in [-0.15, -0.1) is 0 Å². The zero-order valence-corrected chi connectivity index (χ0v) is 17.9. The van der Waals surface area contributed by atoms with E-state index in [9.17, 15) is 22.8 Å². The van der Waals surface area contributed by atoms with Gasteiger partial charge in [0, 0.05) is 17.2 Å². The van der Waals surface area contributed by atoms with Crippen molar-refractivity contribution < 1.29 is 41.9 Å². The van der Waals surface area contributed by atoms with Gasteiger partial charge in [0.1, 0.15) is 9.84 Å². The number of benzene rings is 2. The smallest absolute Gasteiger partial charge is 0.264 e. The lowest BCUT2D eigenvalue weighted by atomic mass is 10.1. The lowest BCUT2D eigenvalue weighted by Crippen LogP contribution is -2.37. The number of amides is 3. The van der Waals surface area contributed by atoms with Crippen LogP contribution in [-0.4, -0.2) is 56.7 Å². The van der Waals surface area contributed by atoms with Gasteiger partial charge in [0.05, 0.1) is 47.7 Å². The van der Waals surface area contributed by atoms with Crippen molar-refractivity contribution in [2.45, 2.75) is 19.8 Å². The molecular weight excluding hydrogens is 436 g/mol. The summed E-state index contributed by atoms with van der Waals surface area (Å²) in [5.74, 6) is -5.14. The van der Waals surface area contributed by atoms with Gasteiger partial charge in [-0.1, -0.05) is 12.1 Å². The highest BCUT2D eigenvalue weighted by atomic mass is 32.2. The van der Waals surface area contributed by atoms with E-state index < -0.39 is 58.8 Å². The second-order valence-corrected chi connectivity index (χ2v) is 8.98. The Hall–Kier alpha value is -3.40. The van der Waals surface area contributed by atoms with Crippen molar-refractivity contribution in [3.8, 4) is 11.5 Å². The van der Waals surface area contributed by atoms with E-state index in [-0.39, 0.29) is 34.9 Å². The molecule has 0 fully saturated rings. The number of nitrogens with one attached hydrogen (secondary N) is 1. The molecule has 170 valence electrons. The summed E-state index contributed by atoms with van der Waals surface area (Å²) in [6.45, 7) is -1.47. The Bertz CT molecular complexity index is 1440.